The highest BCUT2D eigenvalue weighted by Crippen LogP contribution is 2.19. The summed E-state index contributed by atoms with van der Waals surface area (Å²) in [5.41, 5.74) is 1.09. The molecule has 1 aliphatic heterocycles. The van der Waals surface area contributed by atoms with Crippen molar-refractivity contribution >= 4 is 11.7 Å². The van der Waals surface area contributed by atoms with Crippen LogP contribution in [-0.4, -0.2) is 42.5 Å². The Morgan fingerprint density at radius 1 is 1.38 bits per heavy atom. The molecule has 116 valence electrons. The van der Waals surface area contributed by atoms with Gasteiger partial charge in [-0.2, -0.15) is 0 Å². The Hall–Kier alpha value is -1.62. The van der Waals surface area contributed by atoms with Crippen LogP contribution in [0.25, 0.3) is 0 Å². The predicted molar refractivity (Wildman–Crippen MR) is 85.1 cm³/mol. The number of likely N-dealkylation sites (tertiary alicyclic amines) is 1. The number of rotatable bonds is 6. The Labute approximate surface area is 127 Å². The summed E-state index contributed by atoms with van der Waals surface area (Å²) in [6.07, 6.45) is 2.97. The number of amides is 1. The summed E-state index contributed by atoms with van der Waals surface area (Å²) >= 11 is 0. The summed E-state index contributed by atoms with van der Waals surface area (Å²) < 4.78 is 0. The fourth-order valence-corrected chi connectivity index (χ4v) is 2.71. The zero-order chi connectivity index (χ0) is 15.1. The Morgan fingerprint density at radius 3 is 2.81 bits per heavy atom. The normalized spacial score (nSPS) is 16.7. The van der Waals surface area contributed by atoms with Crippen LogP contribution in [0.5, 0.6) is 0 Å². The second kappa shape index (κ2) is 7.98. The molecule has 1 saturated heterocycles. The van der Waals surface area contributed by atoms with Gasteiger partial charge in [-0.05, 0) is 44.5 Å². The van der Waals surface area contributed by atoms with Gasteiger partial charge in [-0.15, -0.1) is 0 Å². The van der Waals surface area contributed by atoms with Crippen LogP contribution in [0.1, 0.15) is 31.9 Å². The molecule has 2 rings (SSSR count). The van der Waals surface area contributed by atoms with Gasteiger partial charge in [0.15, 0.2) is 0 Å². The molecule has 1 fully saturated rings. The average molecular weight is 290 g/mol. The lowest BCUT2D eigenvalue weighted by Crippen LogP contribution is -2.39. The maximum Gasteiger partial charge on any atom is 0.222 e. The van der Waals surface area contributed by atoms with E-state index in [2.05, 4.69) is 39.6 Å². The van der Waals surface area contributed by atoms with Gasteiger partial charge in [0.05, 0.1) is 5.69 Å². The van der Waals surface area contributed by atoms with Crippen molar-refractivity contribution in [3.05, 3.63) is 23.9 Å². The smallest absolute Gasteiger partial charge is 0.222 e. The quantitative estimate of drug-likeness (QED) is 0.839. The lowest BCUT2D eigenvalue weighted by molar-refractivity contribution is -0.125. The predicted octanol–water partition coefficient (Wildman–Crippen LogP) is 1.86. The van der Waals surface area contributed by atoms with Gasteiger partial charge in [0.1, 0.15) is 5.82 Å². The number of carbonyl (C=O) groups is 1. The molecule has 1 aromatic rings. The van der Waals surface area contributed by atoms with E-state index in [0.717, 1.165) is 57.0 Å². The highest BCUT2D eigenvalue weighted by molar-refractivity contribution is 5.78. The molecule has 2 heterocycles. The Morgan fingerprint density at radius 2 is 2.14 bits per heavy atom. The van der Waals surface area contributed by atoms with Gasteiger partial charge >= 0.3 is 0 Å². The van der Waals surface area contributed by atoms with E-state index in [1.807, 2.05) is 6.07 Å². The molecular formula is C16H26N4O. The topological polar surface area (TPSA) is 57.3 Å². The van der Waals surface area contributed by atoms with Crippen LogP contribution >= 0.6 is 0 Å². The Balaban J connectivity index is 1.84. The fourth-order valence-electron chi connectivity index (χ4n) is 2.71. The third-order valence-electron chi connectivity index (χ3n) is 3.95. The molecule has 0 aromatic carbocycles. The molecule has 1 amide bonds. The van der Waals surface area contributed by atoms with E-state index in [4.69, 9.17) is 0 Å². The Bertz CT molecular complexity index is 455. The van der Waals surface area contributed by atoms with Crippen LogP contribution in [0.3, 0.4) is 0 Å². The van der Waals surface area contributed by atoms with Crippen LogP contribution < -0.4 is 10.6 Å². The lowest BCUT2D eigenvalue weighted by atomic mass is 9.96. The van der Waals surface area contributed by atoms with E-state index in [-0.39, 0.29) is 11.8 Å². The molecule has 0 saturated carbocycles. The standard InChI is InChI=1S/C16H26N4O/c1-3-9-18-15-6-4-5-14(19-15)12-20-10-7-13(8-11-20)16(21)17-2/h4-6,13H,3,7-12H2,1-2H3,(H,17,21)(H,18,19). The van der Waals surface area contributed by atoms with Crippen molar-refractivity contribution in [2.24, 2.45) is 5.92 Å². The van der Waals surface area contributed by atoms with E-state index < -0.39 is 0 Å². The number of pyridine rings is 1. The molecule has 0 atom stereocenters. The lowest BCUT2D eigenvalue weighted by Gasteiger charge is -2.30. The first-order valence-corrected chi connectivity index (χ1v) is 7.86. The Kier molecular flexibility index (Phi) is 5.99. The summed E-state index contributed by atoms with van der Waals surface area (Å²) in [6, 6.07) is 6.14. The minimum atomic E-state index is 0.178. The third kappa shape index (κ3) is 4.70. The van der Waals surface area contributed by atoms with E-state index >= 15 is 0 Å². The van der Waals surface area contributed by atoms with E-state index in [1.165, 1.54) is 0 Å². The van der Waals surface area contributed by atoms with Crippen molar-refractivity contribution < 1.29 is 4.79 Å². The molecule has 21 heavy (non-hydrogen) atoms. The maximum absolute atomic E-state index is 11.6. The second-order valence-corrected chi connectivity index (χ2v) is 5.61. The largest absolute Gasteiger partial charge is 0.370 e. The summed E-state index contributed by atoms with van der Waals surface area (Å²) in [6.45, 7) is 5.89. The van der Waals surface area contributed by atoms with Crippen molar-refractivity contribution in [2.75, 3.05) is 32.0 Å². The molecule has 1 aliphatic rings. The van der Waals surface area contributed by atoms with E-state index in [9.17, 15) is 4.79 Å². The number of anilines is 1. The van der Waals surface area contributed by atoms with Gasteiger partial charge in [0, 0.05) is 26.1 Å². The molecule has 0 bridgehead atoms. The molecule has 5 nitrogen and oxygen atoms in total. The summed E-state index contributed by atoms with van der Waals surface area (Å²) in [5, 5.41) is 6.07. The van der Waals surface area contributed by atoms with Crippen molar-refractivity contribution in [3.63, 3.8) is 0 Å². The minimum absolute atomic E-state index is 0.178. The van der Waals surface area contributed by atoms with E-state index in [0.29, 0.717) is 0 Å². The number of piperidine rings is 1. The van der Waals surface area contributed by atoms with Gasteiger partial charge in [-0.1, -0.05) is 13.0 Å². The monoisotopic (exact) mass is 290 g/mol. The van der Waals surface area contributed by atoms with Gasteiger partial charge in [0.25, 0.3) is 0 Å². The van der Waals surface area contributed by atoms with Crippen LogP contribution in [0.2, 0.25) is 0 Å². The van der Waals surface area contributed by atoms with Crippen molar-refractivity contribution in [1.82, 2.24) is 15.2 Å². The summed E-state index contributed by atoms with van der Waals surface area (Å²) in [7, 11) is 1.72. The molecule has 2 N–H and O–H groups in total. The highest BCUT2D eigenvalue weighted by atomic mass is 16.1. The average Bonchev–Trinajstić information content (AvgIpc) is 2.53. The highest BCUT2D eigenvalue weighted by Gasteiger charge is 2.24. The number of nitrogens with zero attached hydrogens (tertiary/aromatic N) is 2. The van der Waals surface area contributed by atoms with Crippen molar-refractivity contribution in [2.45, 2.75) is 32.7 Å². The number of hydrogen-bond donors (Lipinski definition) is 2. The van der Waals surface area contributed by atoms with Gasteiger partial charge < -0.3 is 10.6 Å². The summed E-state index contributed by atoms with van der Waals surface area (Å²) in [4.78, 5) is 18.6. The molecule has 0 radical (unpaired) electrons. The van der Waals surface area contributed by atoms with Crippen LogP contribution in [0, 0.1) is 5.92 Å². The zero-order valence-corrected chi connectivity index (χ0v) is 13.1. The first-order valence-electron chi connectivity index (χ1n) is 7.86. The SMILES string of the molecule is CCCNc1cccc(CN2CCC(C(=O)NC)CC2)n1. The number of hydrogen-bond acceptors (Lipinski definition) is 4. The molecular weight excluding hydrogens is 264 g/mol. The van der Waals surface area contributed by atoms with Gasteiger partial charge in [-0.3, -0.25) is 9.69 Å². The molecule has 0 spiro atoms. The van der Waals surface area contributed by atoms with Crippen molar-refractivity contribution in [1.29, 1.82) is 0 Å². The molecule has 5 heteroatoms. The first-order chi connectivity index (χ1) is 10.2. The van der Waals surface area contributed by atoms with Gasteiger partial charge in [0.2, 0.25) is 5.91 Å². The van der Waals surface area contributed by atoms with Crippen LogP contribution in [-0.2, 0) is 11.3 Å². The number of aromatic nitrogens is 1. The molecule has 0 aliphatic carbocycles. The van der Waals surface area contributed by atoms with E-state index in [1.54, 1.807) is 7.05 Å². The minimum Gasteiger partial charge on any atom is -0.370 e. The summed E-state index contributed by atoms with van der Waals surface area (Å²) in [5.74, 6) is 1.31. The fraction of sp³-hybridized carbons (Fsp3) is 0.625. The number of nitrogens with one attached hydrogen (secondary N) is 2. The zero-order valence-electron chi connectivity index (χ0n) is 13.1. The maximum atomic E-state index is 11.6. The van der Waals surface area contributed by atoms with Crippen molar-refractivity contribution in [3.8, 4) is 0 Å². The van der Waals surface area contributed by atoms with Gasteiger partial charge in [-0.25, -0.2) is 4.98 Å². The number of carbonyl (C=O) groups excluding carboxylic acids is 1. The first kappa shape index (κ1) is 15.8. The third-order valence-corrected chi connectivity index (χ3v) is 3.95. The second-order valence-electron chi connectivity index (χ2n) is 5.61. The molecule has 1 aromatic heterocycles. The molecule has 0 unspecified atom stereocenters. The van der Waals surface area contributed by atoms with Crippen LogP contribution in [0.15, 0.2) is 18.2 Å². The van der Waals surface area contributed by atoms with Crippen LogP contribution in [0.4, 0.5) is 5.82 Å².